The number of nitrogens with two attached hydrogens (primary N) is 1. The Morgan fingerprint density at radius 2 is 2.12 bits per heavy atom. The van der Waals surface area contributed by atoms with Crippen LogP contribution in [-0.2, 0) is 10.1 Å². The molecule has 0 bridgehead atoms. The third kappa shape index (κ3) is 2.24. The number of H-pyrrole nitrogens is 1. The van der Waals surface area contributed by atoms with E-state index in [-0.39, 0.29) is 4.90 Å². The van der Waals surface area contributed by atoms with Crippen molar-refractivity contribution in [2.24, 2.45) is 0 Å². The molecule has 0 radical (unpaired) electrons. The number of aromatic nitrogens is 2. The van der Waals surface area contributed by atoms with Gasteiger partial charge in [0.1, 0.15) is 10.5 Å². The zero-order chi connectivity index (χ0) is 16.9. The number of aromatic amines is 1. The molecule has 1 aliphatic rings. The zero-order valence-corrected chi connectivity index (χ0v) is 13.3. The minimum atomic E-state index is -4.35. The van der Waals surface area contributed by atoms with Gasteiger partial charge in [0.2, 0.25) is 0 Å². The highest BCUT2D eigenvalue weighted by molar-refractivity contribution is 7.86. The Hall–Kier alpha value is -2.84. The molecule has 4 rings (SSSR count). The largest absolute Gasteiger partial charge is 0.397 e. The van der Waals surface area contributed by atoms with Crippen LogP contribution >= 0.6 is 0 Å². The van der Waals surface area contributed by atoms with E-state index in [0.29, 0.717) is 28.8 Å². The Kier molecular flexibility index (Phi) is 3.12. The van der Waals surface area contributed by atoms with Crippen LogP contribution in [0.25, 0.3) is 22.7 Å². The van der Waals surface area contributed by atoms with Gasteiger partial charge in [-0.2, -0.15) is 8.42 Å². The molecular weight excluding hydrogens is 328 g/mol. The van der Waals surface area contributed by atoms with Gasteiger partial charge < -0.3 is 16.0 Å². The number of fused-ring (bicyclic) bond motifs is 2. The fourth-order valence-corrected chi connectivity index (χ4v) is 3.72. The second-order valence-corrected chi connectivity index (χ2v) is 6.93. The molecule has 0 unspecified atom stereocenters. The molecule has 8 heteroatoms. The number of nitrogens with zero attached hydrogens (tertiary/aromatic N) is 1. The third-order valence-corrected chi connectivity index (χ3v) is 4.97. The maximum Gasteiger partial charge on any atom is 0.295 e. The van der Waals surface area contributed by atoms with Crippen molar-refractivity contribution >= 4 is 44.2 Å². The number of hydrogen-bond acceptors (Lipinski definition) is 5. The fourth-order valence-electron chi connectivity index (χ4n) is 3.01. The molecule has 0 aliphatic carbocycles. The average Bonchev–Trinajstić information content (AvgIpc) is 3.13. The summed E-state index contributed by atoms with van der Waals surface area (Å²) < 4.78 is 32.7. The maximum absolute atomic E-state index is 11.6. The summed E-state index contributed by atoms with van der Waals surface area (Å²) in [5, 5.41) is 3.60. The normalized spacial score (nSPS) is 15.6. The number of anilines is 2. The number of pyridine rings is 1. The molecule has 5 N–H and O–H groups in total. The molecule has 0 saturated carbocycles. The predicted octanol–water partition coefficient (Wildman–Crippen LogP) is 2.36. The summed E-state index contributed by atoms with van der Waals surface area (Å²) in [6.07, 6.45) is 4.88. The van der Waals surface area contributed by atoms with Crippen LogP contribution in [0.3, 0.4) is 0 Å². The van der Waals surface area contributed by atoms with Gasteiger partial charge in [-0.05, 0) is 23.8 Å². The lowest BCUT2D eigenvalue weighted by atomic mass is 10.0. The number of hydrogen-bond donors (Lipinski definition) is 4. The standard InChI is InChI=1S/C16H14N4O3S/c17-12-3-1-2-11-9(7-19-15(11)12)6-10-8-20-16-14(10)13(4-5-18-16)24(21,22)23/h1-6,8,19H,7,17H2,(H,18,20)(H,21,22,23). The Morgan fingerprint density at radius 1 is 1.29 bits per heavy atom. The average molecular weight is 342 g/mol. The fraction of sp³-hybridized carbons (Fsp3) is 0.0625. The second-order valence-electron chi connectivity index (χ2n) is 5.54. The molecule has 3 heterocycles. The van der Waals surface area contributed by atoms with Gasteiger partial charge in [-0.25, -0.2) is 4.98 Å². The van der Waals surface area contributed by atoms with Crippen LogP contribution in [-0.4, -0.2) is 29.5 Å². The summed E-state index contributed by atoms with van der Waals surface area (Å²) in [6, 6.07) is 6.93. The van der Waals surface area contributed by atoms with Crippen molar-refractivity contribution < 1.29 is 13.0 Å². The van der Waals surface area contributed by atoms with Gasteiger partial charge in [-0.15, -0.1) is 0 Å². The summed E-state index contributed by atoms with van der Waals surface area (Å²) in [4.78, 5) is 6.88. The molecule has 1 aliphatic heterocycles. The summed E-state index contributed by atoms with van der Waals surface area (Å²) >= 11 is 0. The molecule has 0 fully saturated rings. The third-order valence-electron chi connectivity index (χ3n) is 4.07. The van der Waals surface area contributed by atoms with Gasteiger partial charge in [0.25, 0.3) is 10.1 Å². The first kappa shape index (κ1) is 14.7. The van der Waals surface area contributed by atoms with Crippen molar-refractivity contribution in [1.82, 2.24) is 9.97 Å². The van der Waals surface area contributed by atoms with Crippen LogP contribution in [0.5, 0.6) is 0 Å². The van der Waals surface area contributed by atoms with Crippen LogP contribution in [0.15, 0.2) is 41.6 Å². The lowest BCUT2D eigenvalue weighted by Gasteiger charge is -2.03. The Labute approximate surface area is 138 Å². The molecule has 0 saturated heterocycles. The van der Waals surface area contributed by atoms with Crippen molar-refractivity contribution in [2.75, 3.05) is 17.6 Å². The maximum atomic E-state index is 11.6. The van der Waals surface area contributed by atoms with Crippen LogP contribution < -0.4 is 11.1 Å². The minimum Gasteiger partial charge on any atom is -0.397 e. The number of nitrogen functional groups attached to an aromatic ring is 1. The van der Waals surface area contributed by atoms with E-state index < -0.39 is 10.1 Å². The summed E-state index contributed by atoms with van der Waals surface area (Å²) in [5.74, 6) is 0. The quantitative estimate of drug-likeness (QED) is 0.419. The van der Waals surface area contributed by atoms with E-state index in [1.165, 1.54) is 12.3 Å². The number of rotatable bonds is 2. The van der Waals surface area contributed by atoms with E-state index in [9.17, 15) is 13.0 Å². The molecule has 24 heavy (non-hydrogen) atoms. The second kappa shape index (κ2) is 5.08. The van der Waals surface area contributed by atoms with Crippen LogP contribution in [0.4, 0.5) is 11.4 Å². The van der Waals surface area contributed by atoms with E-state index in [4.69, 9.17) is 5.73 Å². The van der Waals surface area contributed by atoms with Crippen molar-refractivity contribution in [3.8, 4) is 0 Å². The molecule has 7 nitrogen and oxygen atoms in total. The van der Waals surface area contributed by atoms with Crippen molar-refractivity contribution in [3.05, 3.63) is 47.8 Å². The highest BCUT2D eigenvalue weighted by atomic mass is 32.2. The SMILES string of the molecule is Nc1cccc2c1NCC2=Cc1c[nH]c2nccc(S(=O)(=O)O)c12. The summed E-state index contributed by atoms with van der Waals surface area (Å²) in [5.41, 5.74) is 10.5. The van der Waals surface area contributed by atoms with Gasteiger partial charge in [-0.3, -0.25) is 4.55 Å². The van der Waals surface area contributed by atoms with Gasteiger partial charge in [0.05, 0.1) is 11.4 Å². The van der Waals surface area contributed by atoms with Crippen molar-refractivity contribution in [3.63, 3.8) is 0 Å². The van der Waals surface area contributed by atoms with Crippen molar-refractivity contribution in [2.45, 2.75) is 4.90 Å². The number of benzene rings is 1. The lowest BCUT2D eigenvalue weighted by molar-refractivity contribution is 0.484. The Bertz CT molecular complexity index is 1100. The van der Waals surface area contributed by atoms with Gasteiger partial charge in [0, 0.05) is 35.5 Å². The number of para-hydroxylation sites is 1. The van der Waals surface area contributed by atoms with E-state index in [1.54, 1.807) is 6.20 Å². The van der Waals surface area contributed by atoms with E-state index in [2.05, 4.69) is 15.3 Å². The van der Waals surface area contributed by atoms with Gasteiger partial charge >= 0.3 is 0 Å². The van der Waals surface area contributed by atoms with E-state index in [0.717, 1.165) is 16.8 Å². The molecule has 1 aromatic carbocycles. The summed E-state index contributed by atoms with van der Waals surface area (Å²) in [6.45, 7) is 0.581. The van der Waals surface area contributed by atoms with Crippen LogP contribution in [0, 0.1) is 0 Å². The number of nitrogens with one attached hydrogen (secondary N) is 2. The van der Waals surface area contributed by atoms with Crippen LogP contribution in [0.1, 0.15) is 11.1 Å². The van der Waals surface area contributed by atoms with Gasteiger partial charge in [-0.1, -0.05) is 12.1 Å². The molecule has 0 amide bonds. The van der Waals surface area contributed by atoms with E-state index in [1.807, 2.05) is 24.3 Å². The highest BCUT2D eigenvalue weighted by Crippen LogP contribution is 2.37. The minimum absolute atomic E-state index is 0.167. The molecule has 2 aromatic heterocycles. The zero-order valence-electron chi connectivity index (χ0n) is 12.4. The topological polar surface area (TPSA) is 121 Å². The Morgan fingerprint density at radius 3 is 2.92 bits per heavy atom. The predicted molar refractivity (Wildman–Crippen MR) is 93.1 cm³/mol. The van der Waals surface area contributed by atoms with Crippen molar-refractivity contribution in [1.29, 1.82) is 0 Å². The van der Waals surface area contributed by atoms with Crippen LogP contribution in [0.2, 0.25) is 0 Å². The molecule has 122 valence electrons. The molecule has 0 atom stereocenters. The molecule has 0 spiro atoms. The summed E-state index contributed by atoms with van der Waals surface area (Å²) in [7, 11) is -4.35. The smallest absolute Gasteiger partial charge is 0.295 e. The monoisotopic (exact) mass is 342 g/mol. The lowest BCUT2D eigenvalue weighted by Crippen LogP contribution is -1.99. The van der Waals surface area contributed by atoms with E-state index >= 15 is 0 Å². The van der Waals surface area contributed by atoms with Gasteiger partial charge in [0.15, 0.2) is 0 Å². The highest BCUT2D eigenvalue weighted by Gasteiger charge is 2.21. The Balaban J connectivity index is 1.93. The molecular formula is C16H14N4O3S. The first-order valence-corrected chi connectivity index (χ1v) is 8.66. The first-order chi connectivity index (χ1) is 11.4. The first-order valence-electron chi connectivity index (χ1n) is 7.22. The molecule has 3 aromatic rings.